The lowest BCUT2D eigenvalue weighted by Crippen LogP contribution is -2.46. The molecule has 1 amide bonds. The van der Waals surface area contributed by atoms with E-state index >= 15 is 0 Å². The van der Waals surface area contributed by atoms with Crippen molar-refractivity contribution in [1.82, 2.24) is 10.2 Å². The third-order valence-corrected chi connectivity index (χ3v) is 5.17. The van der Waals surface area contributed by atoms with Crippen LogP contribution in [-0.2, 0) is 9.53 Å². The van der Waals surface area contributed by atoms with Crippen LogP contribution in [0.4, 0.5) is 0 Å². The van der Waals surface area contributed by atoms with Crippen molar-refractivity contribution in [2.75, 3.05) is 26.2 Å². The van der Waals surface area contributed by atoms with Crippen LogP contribution in [0.1, 0.15) is 29.0 Å². The minimum Gasteiger partial charge on any atom is -0.376 e. The van der Waals surface area contributed by atoms with E-state index in [9.17, 15) is 4.79 Å². The van der Waals surface area contributed by atoms with Crippen LogP contribution in [0.15, 0.2) is 41.8 Å². The molecule has 0 aliphatic carbocycles. The first-order valence-corrected chi connectivity index (χ1v) is 9.23. The Morgan fingerprint density at radius 1 is 1.38 bits per heavy atom. The summed E-state index contributed by atoms with van der Waals surface area (Å²) < 4.78 is 5.54. The van der Waals surface area contributed by atoms with E-state index in [1.54, 1.807) is 11.3 Å². The van der Waals surface area contributed by atoms with Crippen LogP contribution in [0.5, 0.6) is 0 Å². The maximum Gasteiger partial charge on any atom is 0.234 e. The van der Waals surface area contributed by atoms with Crippen LogP contribution in [0, 0.1) is 6.92 Å². The largest absolute Gasteiger partial charge is 0.376 e. The molecule has 1 aliphatic rings. The van der Waals surface area contributed by atoms with Gasteiger partial charge in [0.1, 0.15) is 0 Å². The fourth-order valence-corrected chi connectivity index (χ4v) is 3.78. The van der Waals surface area contributed by atoms with E-state index < -0.39 is 0 Å². The lowest BCUT2D eigenvalue weighted by atomic mass is 10.0. The molecule has 2 atom stereocenters. The van der Waals surface area contributed by atoms with Gasteiger partial charge < -0.3 is 10.1 Å². The number of nitrogens with zero attached hydrogens (tertiary/aromatic N) is 1. The molecular formula is C19H24N2O2S. The molecule has 24 heavy (non-hydrogen) atoms. The molecule has 0 unspecified atom stereocenters. The van der Waals surface area contributed by atoms with Crippen molar-refractivity contribution in [3.8, 4) is 0 Å². The standard InChI is InChI=1S/C19H24N2O2S/c1-14-5-7-16(8-6-14)19(17-4-3-11-24-17)20-18(22)13-21-9-10-23-15(2)12-21/h3-8,11,15,19H,9-10,12-13H2,1-2H3,(H,20,22)/t15-,19+/m0/s1. The number of carbonyl (C=O) groups excluding carboxylic acids is 1. The summed E-state index contributed by atoms with van der Waals surface area (Å²) in [5.41, 5.74) is 2.34. The van der Waals surface area contributed by atoms with E-state index in [1.165, 1.54) is 5.56 Å². The average Bonchev–Trinajstić information content (AvgIpc) is 3.08. The molecule has 2 aromatic rings. The quantitative estimate of drug-likeness (QED) is 0.907. The van der Waals surface area contributed by atoms with Crippen LogP contribution in [0.2, 0.25) is 0 Å². The second-order valence-corrected chi connectivity index (χ2v) is 7.32. The summed E-state index contributed by atoms with van der Waals surface area (Å²) in [5, 5.41) is 5.25. The second-order valence-electron chi connectivity index (χ2n) is 6.34. The molecule has 0 radical (unpaired) electrons. The minimum absolute atomic E-state index is 0.0584. The van der Waals surface area contributed by atoms with Crippen LogP contribution in [-0.4, -0.2) is 43.2 Å². The lowest BCUT2D eigenvalue weighted by Gasteiger charge is -2.31. The number of nitrogens with one attached hydrogen (secondary N) is 1. The average molecular weight is 344 g/mol. The van der Waals surface area contributed by atoms with Crippen molar-refractivity contribution in [2.45, 2.75) is 26.0 Å². The first-order chi connectivity index (χ1) is 11.6. The second kappa shape index (κ2) is 7.92. The number of thiophene rings is 1. The van der Waals surface area contributed by atoms with Crippen molar-refractivity contribution < 1.29 is 9.53 Å². The number of rotatable bonds is 5. The maximum atomic E-state index is 12.6. The van der Waals surface area contributed by atoms with Gasteiger partial charge in [0.25, 0.3) is 0 Å². The van der Waals surface area contributed by atoms with Gasteiger partial charge in [-0.1, -0.05) is 35.9 Å². The number of amides is 1. The number of hydrogen-bond donors (Lipinski definition) is 1. The predicted molar refractivity (Wildman–Crippen MR) is 97.3 cm³/mol. The van der Waals surface area contributed by atoms with Gasteiger partial charge in [-0.3, -0.25) is 9.69 Å². The predicted octanol–water partition coefficient (Wildman–Crippen LogP) is 2.98. The van der Waals surface area contributed by atoms with Crippen molar-refractivity contribution in [3.63, 3.8) is 0 Å². The molecule has 1 aliphatic heterocycles. The van der Waals surface area contributed by atoms with Gasteiger partial charge in [-0.2, -0.15) is 0 Å². The molecule has 0 bridgehead atoms. The van der Waals surface area contributed by atoms with E-state index in [0.717, 1.165) is 23.5 Å². The van der Waals surface area contributed by atoms with Gasteiger partial charge in [-0.15, -0.1) is 11.3 Å². The Morgan fingerprint density at radius 3 is 2.83 bits per heavy atom. The highest BCUT2D eigenvalue weighted by Crippen LogP contribution is 2.26. The summed E-state index contributed by atoms with van der Waals surface area (Å²) in [6.07, 6.45) is 0.191. The summed E-state index contributed by atoms with van der Waals surface area (Å²) >= 11 is 1.67. The fourth-order valence-electron chi connectivity index (χ4n) is 2.98. The third kappa shape index (κ3) is 4.44. The van der Waals surface area contributed by atoms with Crippen molar-refractivity contribution in [3.05, 3.63) is 57.8 Å². The number of benzene rings is 1. The van der Waals surface area contributed by atoms with E-state index in [1.807, 2.05) is 18.4 Å². The van der Waals surface area contributed by atoms with Crippen LogP contribution >= 0.6 is 11.3 Å². The van der Waals surface area contributed by atoms with Crippen molar-refractivity contribution in [2.24, 2.45) is 0 Å². The van der Waals surface area contributed by atoms with Gasteiger partial charge in [-0.05, 0) is 30.9 Å². The molecule has 1 saturated heterocycles. The first kappa shape index (κ1) is 17.1. The molecule has 3 rings (SSSR count). The topological polar surface area (TPSA) is 41.6 Å². The number of hydrogen-bond acceptors (Lipinski definition) is 4. The summed E-state index contributed by atoms with van der Waals surface area (Å²) in [4.78, 5) is 15.9. The number of carbonyl (C=O) groups is 1. The Hall–Kier alpha value is -1.69. The smallest absolute Gasteiger partial charge is 0.234 e. The zero-order valence-corrected chi connectivity index (χ0v) is 15.0. The van der Waals surface area contributed by atoms with Gasteiger partial charge in [0.15, 0.2) is 0 Å². The Kier molecular flexibility index (Phi) is 5.66. The molecule has 0 saturated carbocycles. The number of aryl methyl sites for hydroxylation is 1. The van der Waals surface area contributed by atoms with E-state index in [-0.39, 0.29) is 18.1 Å². The highest BCUT2D eigenvalue weighted by molar-refractivity contribution is 7.10. The van der Waals surface area contributed by atoms with E-state index in [0.29, 0.717) is 13.2 Å². The van der Waals surface area contributed by atoms with Gasteiger partial charge >= 0.3 is 0 Å². The molecule has 2 heterocycles. The highest BCUT2D eigenvalue weighted by atomic mass is 32.1. The summed E-state index contributed by atoms with van der Waals surface area (Å²) in [7, 11) is 0. The lowest BCUT2D eigenvalue weighted by molar-refractivity contribution is -0.124. The van der Waals surface area contributed by atoms with Crippen molar-refractivity contribution >= 4 is 17.2 Å². The molecule has 4 nitrogen and oxygen atoms in total. The Bertz CT molecular complexity index is 655. The van der Waals surface area contributed by atoms with E-state index in [4.69, 9.17) is 4.74 Å². The Balaban J connectivity index is 1.70. The minimum atomic E-state index is -0.0865. The van der Waals surface area contributed by atoms with Gasteiger partial charge in [-0.25, -0.2) is 0 Å². The zero-order valence-electron chi connectivity index (χ0n) is 14.2. The summed E-state index contributed by atoms with van der Waals surface area (Å²) in [6, 6.07) is 12.4. The summed E-state index contributed by atoms with van der Waals surface area (Å²) in [5.74, 6) is 0.0584. The van der Waals surface area contributed by atoms with E-state index in [2.05, 4.69) is 47.5 Å². The van der Waals surface area contributed by atoms with Crippen LogP contribution in [0.25, 0.3) is 0 Å². The third-order valence-electron chi connectivity index (χ3n) is 4.24. The molecule has 1 fully saturated rings. The Labute approximate surface area is 147 Å². The fraction of sp³-hybridized carbons (Fsp3) is 0.421. The van der Waals surface area contributed by atoms with Gasteiger partial charge in [0, 0.05) is 18.0 Å². The first-order valence-electron chi connectivity index (χ1n) is 8.35. The van der Waals surface area contributed by atoms with Gasteiger partial charge in [0.05, 0.1) is 25.3 Å². The van der Waals surface area contributed by atoms with Crippen LogP contribution in [0.3, 0.4) is 0 Å². The molecule has 1 N–H and O–H groups in total. The number of ether oxygens (including phenoxy) is 1. The number of morpholine rings is 1. The SMILES string of the molecule is Cc1ccc([C@@H](NC(=O)CN2CCO[C@@H](C)C2)c2cccs2)cc1. The molecule has 128 valence electrons. The molecule has 1 aromatic heterocycles. The molecule has 1 aromatic carbocycles. The molecular weight excluding hydrogens is 320 g/mol. The molecule has 5 heteroatoms. The zero-order chi connectivity index (χ0) is 16.9. The van der Waals surface area contributed by atoms with Crippen LogP contribution < -0.4 is 5.32 Å². The maximum absolute atomic E-state index is 12.6. The molecule has 0 spiro atoms. The summed E-state index contributed by atoms with van der Waals surface area (Å²) in [6.45, 7) is 6.85. The Morgan fingerprint density at radius 2 is 2.17 bits per heavy atom. The van der Waals surface area contributed by atoms with Crippen molar-refractivity contribution in [1.29, 1.82) is 0 Å². The highest BCUT2D eigenvalue weighted by Gasteiger charge is 2.22. The normalized spacial score (nSPS) is 19.8. The monoisotopic (exact) mass is 344 g/mol. The van der Waals surface area contributed by atoms with Gasteiger partial charge in [0.2, 0.25) is 5.91 Å².